The first-order valence-electron chi connectivity index (χ1n) is 10.5. The summed E-state index contributed by atoms with van der Waals surface area (Å²) in [6.07, 6.45) is -0.662. The molecule has 2 aromatic rings. The average molecular weight is 466 g/mol. The van der Waals surface area contributed by atoms with Gasteiger partial charge in [-0.1, -0.05) is 23.8 Å². The number of aryl methyl sites for hydroxylation is 1. The van der Waals surface area contributed by atoms with Gasteiger partial charge >= 0.3 is 12.1 Å². The summed E-state index contributed by atoms with van der Waals surface area (Å²) in [7, 11) is 0. The predicted molar refractivity (Wildman–Crippen MR) is 112 cm³/mol. The summed E-state index contributed by atoms with van der Waals surface area (Å²) < 4.78 is 43.9. The third-order valence-electron chi connectivity index (χ3n) is 5.43. The van der Waals surface area contributed by atoms with Gasteiger partial charge in [0.15, 0.2) is 0 Å². The van der Waals surface area contributed by atoms with Crippen LogP contribution in [0.5, 0.6) is 5.88 Å². The highest BCUT2D eigenvalue weighted by molar-refractivity contribution is 5.94. The summed E-state index contributed by atoms with van der Waals surface area (Å²) in [6, 6.07) is 13.4. The molecule has 0 unspecified atom stereocenters. The van der Waals surface area contributed by atoms with E-state index in [1.165, 1.54) is 0 Å². The minimum Gasteiger partial charge on any atom is -0.475 e. The summed E-state index contributed by atoms with van der Waals surface area (Å²) in [6.45, 7) is 3.96. The second-order valence-corrected chi connectivity index (χ2v) is 8.11. The molecule has 0 saturated carbocycles. The molecule has 1 N–H and O–H groups in total. The highest BCUT2D eigenvalue weighted by atomic mass is 19.4. The quantitative estimate of drug-likeness (QED) is 0.739. The number of carbonyl (C=O) groups is 2. The first-order chi connectivity index (χ1) is 15.6. The second-order valence-electron chi connectivity index (χ2n) is 8.11. The van der Waals surface area contributed by atoms with E-state index in [0.717, 1.165) is 36.9 Å². The number of aromatic nitrogens is 1. The van der Waals surface area contributed by atoms with Gasteiger partial charge in [-0.2, -0.15) is 13.2 Å². The molecule has 4 rings (SSSR count). The molecule has 0 radical (unpaired) electrons. The van der Waals surface area contributed by atoms with E-state index in [0.29, 0.717) is 19.0 Å². The Morgan fingerprint density at radius 2 is 2.00 bits per heavy atom. The summed E-state index contributed by atoms with van der Waals surface area (Å²) in [5.41, 5.74) is 1.56. The lowest BCUT2D eigenvalue weighted by atomic mass is 9.89. The number of amides is 1. The third kappa shape index (κ3) is 6.67. The number of carboxylic acids is 1. The number of aliphatic carboxylic acids is 1. The fraction of sp³-hybridized carbons (Fsp3) is 0.435. The molecular weight excluding hydrogens is 441 g/mol. The smallest absolute Gasteiger partial charge is 0.475 e. The van der Waals surface area contributed by atoms with Crippen molar-refractivity contribution >= 4 is 11.9 Å². The van der Waals surface area contributed by atoms with Crippen LogP contribution in [0.2, 0.25) is 0 Å². The molecule has 2 aliphatic rings. The fourth-order valence-electron chi connectivity index (χ4n) is 3.98. The van der Waals surface area contributed by atoms with E-state index >= 15 is 0 Å². The molecule has 1 spiro atoms. The molecule has 1 aromatic heterocycles. The molecule has 10 heteroatoms. The van der Waals surface area contributed by atoms with E-state index < -0.39 is 12.1 Å². The number of carbonyl (C=O) groups excluding carboxylic acids is 1. The van der Waals surface area contributed by atoms with Crippen molar-refractivity contribution in [3.05, 3.63) is 59.8 Å². The van der Waals surface area contributed by atoms with Crippen molar-refractivity contribution in [1.82, 2.24) is 9.88 Å². The van der Waals surface area contributed by atoms with Crippen molar-refractivity contribution in [3.8, 4) is 5.88 Å². The Morgan fingerprint density at radius 3 is 2.64 bits per heavy atom. The van der Waals surface area contributed by atoms with Crippen LogP contribution in [0.4, 0.5) is 13.2 Å². The van der Waals surface area contributed by atoms with Gasteiger partial charge in [0, 0.05) is 30.8 Å². The number of benzene rings is 1. The van der Waals surface area contributed by atoms with Crippen LogP contribution in [-0.2, 0) is 9.53 Å². The first-order valence-corrected chi connectivity index (χ1v) is 10.5. The maximum atomic E-state index is 12.9. The van der Waals surface area contributed by atoms with Gasteiger partial charge in [-0.25, -0.2) is 9.78 Å². The van der Waals surface area contributed by atoms with Gasteiger partial charge in [0.05, 0.1) is 18.8 Å². The van der Waals surface area contributed by atoms with Gasteiger partial charge in [-0.05, 0) is 38.0 Å². The van der Waals surface area contributed by atoms with Gasteiger partial charge in [-0.3, -0.25) is 4.79 Å². The Bertz CT molecular complexity index is 970. The van der Waals surface area contributed by atoms with E-state index in [4.69, 9.17) is 19.4 Å². The summed E-state index contributed by atoms with van der Waals surface area (Å²) in [5, 5.41) is 7.12. The molecular formula is C23H25F3N2O5. The van der Waals surface area contributed by atoms with Crippen LogP contribution in [0, 0.1) is 6.92 Å². The first kappa shape index (κ1) is 24.5. The lowest BCUT2D eigenvalue weighted by Crippen LogP contribution is -2.50. The maximum absolute atomic E-state index is 12.9. The number of halogens is 3. The van der Waals surface area contributed by atoms with Crippen LogP contribution >= 0.6 is 0 Å². The van der Waals surface area contributed by atoms with Gasteiger partial charge in [-0.15, -0.1) is 0 Å². The SMILES string of the molecule is Cc1cccc(C(=O)N2CCC[C@]3(C[C@H](Oc4ccccn4)CO3)C2)c1.O=C(O)C(F)(F)F. The summed E-state index contributed by atoms with van der Waals surface area (Å²) >= 11 is 0. The van der Waals surface area contributed by atoms with Crippen molar-refractivity contribution in [2.75, 3.05) is 19.7 Å². The fourth-order valence-corrected chi connectivity index (χ4v) is 3.98. The van der Waals surface area contributed by atoms with E-state index in [-0.39, 0.29) is 17.6 Å². The minimum atomic E-state index is -5.08. The molecule has 1 aromatic carbocycles. The van der Waals surface area contributed by atoms with Gasteiger partial charge < -0.3 is 19.5 Å². The standard InChI is InChI=1S/C21H24N2O3.C2HF3O2/c1-16-6-4-7-17(12-16)20(24)23-11-5-9-21(15-23)13-18(14-25-21)26-19-8-2-3-10-22-19;3-2(4,5)1(6)7/h2-4,6-8,10,12,18H,5,9,11,13-15H2,1H3;(H,6,7)/t18-,21-;/m0./s1. The van der Waals surface area contributed by atoms with Gasteiger partial charge in [0.2, 0.25) is 5.88 Å². The topological polar surface area (TPSA) is 89.0 Å². The van der Waals surface area contributed by atoms with E-state index in [1.54, 1.807) is 6.20 Å². The Labute approximate surface area is 189 Å². The Balaban J connectivity index is 0.000000383. The molecule has 3 heterocycles. The zero-order valence-electron chi connectivity index (χ0n) is 18.0. The monoisotopic (exact) mass is 466 g/mol. The largest absolute Gasteiger partial charge is 0.490 e. The molecule has 0 bridgehead atoms. The average Bonchev–Trinajstić information content (AvgIpc) is 3.15. The minimum absolute atomic E-state index is 0.0149. The van der Waals surface area contributed by atoms with Crippen LogP contribution in [-0.4, -0.2) is 64.4 Å². The molecule has 178 valence electrons. The van der Waals surface area contributed by atoms with Gasteiger partial charge in [0.25, 0.3) is 5.91 Å². The number of hydrogen-bond donors (Lipinski definition) is 1. The number of pyridine rings is 1. The molecule has 1 amide bonds. The van der Waals surface area contributed by atoms with Crippen LogP contribution in [0.3, 0.4) is 0 Å². The highest BCUT2D eigenvalue weighted by Crippen LogP contribution is 2.36. The number of alkyl halides is 3. The molecule has 0 aliphatic carbocycles. The number of rotatable bonds is 3. The van der Waals surface area contributed by atoms with Crippen LogP contribution < -0.4 is 4.74 Å². The van der Waals surface area contributed by atoms with Crippen molar-refractivity contribution in [2.45, 2.75) is 44.1 Å². The van der Waals surface area contributed by atoms with Crippen LogP contribution in [0.1, 0.15) is 35.2 Å². The number of ether oxygens (including phenoxy) is 2. The summed E-state index contributed by atoms with van der Waals surface area (Å²) in [5.74, 6) is -2.04. The molecule has 33 heavy (non-hydrogen) atoms. The number of piperidine rings is 1. The van der Waals surface area contributed by atoms with Crippen molar-refractivity contribution < 1.29 is 37.3 Å². The number of nitrogens with zero attached hydrogens (tertiary/aromatic N) is 2. The second kappa shape index (κ2) is 10.2. The molecule has 2 fully saturated rings. The Hall–Kier alpha value is -3.14. The molecule has 7 nitrogen and oxygen atoms in total. The zero-order valence-corrected chi connectivity index (χ0v) is 18.0. The lowest BCUT2D eigenvalue weighted by Gasteiger charge is -2.39. The third-order valence-corrected chi connectivity index (χ3v) is 5.43. The maximum Gasteiger partial charge on any atom is 0.490 e. The lowest BCUT2D eigenvalue weighted by molar-refractivity contribution is -0.192. The van der Waals surface area contributed by atoms with Crippen molar-refractivity contribution in [1.29, 1.82) is 0 Å². The number of likely N-dealkylation sites (tertiary alicyclic amines) is 1. The number of hydrogen-bond acceptors (Lipinski definition) is 5. The Kier molecular flexibility index (Phi) is 7.57. The van der Waals surface area contributed by atoms with E-state index in [9.17, 15) is 18.0 Å². The molecule has 2 atom stereocenters. The highest BCUT2D eigenvalue weighted by Gasteiger charge is 2.45. The van der Waals surface area contributed by atoms with Crippen molar-refractivity contribution in [3.63, 3.8) is 0 Å². The van der Waals surface area contributed by atoms with Crippen LogP contribution in [0.25, 0.3) is 0 Å². The van der Waals surface area contributed by atoms with Crippen LogP contribution in [0.15, 0.2) is 48.7 Å². The predicted octanol–water partition coefficient (Wildman–Crippen LogP) is 3.87. The van der Waals surface area contributed by atoms with Crippen molar-refractivity contribution in [2.24, 2.45) is 0 Å². The Morgan fingerprint density at radius 1 is 1.24 bits per heavy atom. The number of carboxylic acid groups (broad SMARTS) is 1. The molecule has 2 saturated heterocycles. The van der Waals surface area contributed by atoms with E-state index in [2.05, 4.69) is 4.98 Å². The van der Waals surface area contributed by atoms with Gasteiger partial charge in [0.1, 0.15) is 6.10 Å². The van der Waals surface area contributed by atoms with E-state index in [1.807, 2.05) is 54.3 Å². The zero-order chi connectivity index (χ0) is 24.1. The molecule has 2 aliphatic heterocycles. The normalized spacial score (nSPS) is 22.4. The summed E-state index contributed by atoms with van der Waals surface area (Å²) in [4.78, 5) is 27.9.